The van der Waals surface area contributed by atoms with Crippen LogP contribution in [0.4, 0.5) is 4.39 Å². The first kappa shape index (κ1) is 16.8. The van der Waals surface area contributed by atoms with Crippen LogP contribution in [0.2, 0.25) is 5.02 Å². The van der Waals surface area contributed by atoms with Gasteiger partial charge in [-0.15, -0.1) is 11.8 Å². The van der Waals surface area contributed by atoms with Crippen molar-refractivity contribution in [2.24, 2.45) is 0 Å². The minimum atomic E-state index is -0.314. The van der Waals surface area contributed by atoms with Crippen molar-refractivity contribution in [1.29, 1.82) is 0 Å². The van der Waals surface area contributed by atoms with Gasteiger partial charge in [-0.25, -0.2) is 4.39 Å². The lowest BCUT2D eigenvalue weighted by atomic mass is 10.1. The Morgan fingerprint density at radius 2 is 1.79 bits per heavy atom. The Labute approximate surface area is 149 Å². The summed E-state index contributed by atoms with van der Waals surface area (Å²) in [6.07, 6.45) is 0. The molecule has 0 radical (unpaired) electrons. The first-order chi connectivity index (χ1) is 11.6. The van der Waals surface area contributed by atoms with Crippen LogP contribution in [-0.2, 0) is 11.3 Å². The van der Waals surface area contributed by atoms with Crippen LogP contribution < -0.4 is 5.32 Å². The van der Waals surface area contributed by atoms with Crippen LogP contribution in [-0.4, -0.2) is 11.7 Å². The molecule has 0 aliphatic heterocycles. The Morgan fingerprint density at radius 1 is 1.04 bits per heavy atom. The number of benzene rings is 3. The van der Waals surface area contributed by atoms with Crippen molar-refractivity contribution in [3.8, 4) is 0 Å². The molecule has 3 aromatic carbocycles. The molecule has 2 nitrogen and oxygen atoms in total. The molecule has 1 amide bonds. The van der Waals surface area contributed by atoms with Crippen LogP contribution in [0.25, 0.3) is 10.8 Å². The molecule has 122 valence electrons. The van der Waals surface area contributed by atoms with Crippen LogP contribution in [0.5, 0.6) is 0 Å². The third-order valence-electron chi connectivity index (χ3n) is 3.61. The Hall–Kier alpha value is -2.04. The number of nitrogens with one attached hydrogen (secondary N) is 1. The van der Waals surface area contributed by atoms with E-state index >= 15 is 0 Å². The molecule has 0 unspecified atom stereocenters. The Balaban J connectivity index is 1.64. The van der Waals surface area contributed by atoms with E-state index in [0.717, 1.165) is 15.7 Å². The summed E-state index contributed by atoms with van der Waals surface area (Å²) in [6.45, 7) is 0.183. The van der Waals surface area contributed by atoms with Crippen LogP contribution in [0.15, 0.2) is 65.6 Å². The van der Waals surface area contributed by atoms with E-state index in [1.807, 2.05) is 36.4 Å². The number of carbonyl (C=O) groups excluding carboxylic acids is 1. The van der Waals surface area contributed by atoms with Crippen molar-refractivity contribution in [2.45, 2.75) is 11.4 Å². The molecular weight excluding hydrogens is 345 g/mol. The first-order valence-electron chi connectivity index (χ1n) is 7.45. The topological polar surface area (TPSA) is 29.1 Å². The zero-order valence-corrected chi connectivity index (χ0v) is 14.3. The second-order valence-corrected chi connectivity index (χ2v) is 6.68. The second kappa shape index (κ2) is 7.69. The molecule has 5 heteroatoms. The van der Waals surface area contributed by atoms with E-state index in [0.29, 0.717) is 10.6 Å². The zero-order valence-electron chi connectivity index (χ0n) is 12.8. The van der Waals surface area contributed by atoms with Crippen LogP contribution >= 0.6 is 23.4 Å². The fourth-order valence-corrected chi connectivity index (χ4v) is 3.69. The molecule has 24 heavy (non-hydrogen) atoms. The van der Waals surface area contributed by atoms with E-state index in [9.17, 15) is 9.18 Å². The fourth-order valence-electron chi connectivity index (χ4n) is 2.41. The van der Waals surface area contributed by atoms with E-state index in [2.05, 4.69) is 5.32 Å². The van der Waals surface area contributed by atoms with Gasteiger partial charge in [-0.3, -0.25) is 4.79 Å². The molecule has 0 aromatic heterocycles. The molecule has 0 saturated heterocycles. The largest absolute Gasteiger partial charge is 0.351 e. The van der Waals surface area contributed by atoms with E-state index in [-0.39, 0.29) is 24.0 Å². The van der Waals surface area contributed by atoms with Crippen molar-refractivity contribution < 1.29 is 9.18 Å². The molecular formula is C19H15ClFNOS. The van der Waals surface area contributed by atoms with Gasteiger partial charge in [0.1, 0.15) is 5.82 Å². The van der Waals surface area contributed by atoms with Gasteiger partial charge in [0.25, 0.3) is 0 Å². The highest BCUT2D eigenvalue weighted by atomic mass is 35.5. The number of thioether (sulfide) groups is 1. The number of carbonyl (C=O) groups is 1. The number of hydrogen-bond acceptors (Lipinski definition) is 2. The summed E-state index contributed by atoms with van der Waals surface area (Å²) in [6, 6.07) is 18.0. The van der Waals surface area contributed by atoms with Gasteiger partial charge in [0.15, 0.2) is 0 Å². The second-order valence-electron chi connectivity index (χ2n) is 5.25. The van der Waals surface area contributed by atoms with E-state index in [1.165, 1.54) is 17.8 Å². The lowest BCUT2D eigenvalue weighted by Crippen LogP contribution is -2.25. The summed E-state index contributed by atoms with van der Waals surface area (Å²) in [7, 11) is 0. The van der Waals surface area contributed by atoms with E-state index in [1.54, 1.807) is 18.2 Å². The summed E-state index contributed by atoms with van der Waals surface area (Å²) in [4.78, 5) is 13.0. The molecule has 0 fully saturated rings. The number of amides is 1. The normalized spacial score (nSPS) is 10.8. The van der Waals surface area contributed by atoms with E-state index in [4.69, 9.17) is 11.6 Å². The van der Waals surface area contributed by atoms with Gasteiger partial charge in [-0.1, -0.05) is 54.1 Å². The number of rotatable bonds is 5. The summed E-state index contributed by atoms with van der Waals surface area (Å²) in [5.74, 6) is -0.211. The summed E-state index contributed by atoms with van der Waals surface area (Å²) < 4.78 is 13.5. The minimum absolute atomic E-state index is 0.146. The maximum Gasteiger partial charge on any atom is 0.230 e. The van der Waals surface area contributed by atoms with Gasteiger partial charge in [-0.05, 0) is 23.6 Å². The maximum absolute atomic E-state index is 13.5. The minimum Gasteiger partial charge on any atom is -0.351 e. The van der Waals surface area contributed by atoms with Gasteiger partial charge in [0, 0.05) is 27.4 Å². The van der Waals surface area contributed by atoms with E-state index < -0.39 is 0 Å². The molecule has 0 saturated carbocycles. The van der Waals surface area contributed by atoms with Crippen LogP contribution in [0.1, 0.15) is 5.56 Å². The quantitative estimate of drug-likeness (QED) is 0.646. The average molecular weight is 360 g/mol. The van der Waals surface area contributed by atoms with Crippen molar-refractivity contribution in [2.75, 3.05) is 5.75 Å². The Morgan fingerprint density at radius 3 is 2.58 bits per heavy atom. The van der Waals surface area contributed by atoms with Crippen molar-refractivity contribution in [3.05, 3.63) is 77.1 Å². The molecule has 3 rings (SSSR count). The Bertz CT molecular complexity index is 879. The number of halogens is 2. The van der Waals surface area contributed by atoms with Gasteiger partial charge in [0.2, 0.25) is 5.91 Å². The summed E-state index contributed by atoms with van der Waals surface area (Å²) >= 11 is 7.70. The summed E-state index contributed by atoms with van der Waals surface area (Å²) in [5.41, 5.74) is 0.476. The van der Waals surface area contributed by atoms with Gasteiger partial charge in [0.05, 0.1) is 5.75 Å². The lowest BCUT2D eigenvalue weighted by Gasteiger charge is -2.09. The molecule has 0 spiro atoms. The van der Waals surface area contributed by atoms with Crippen molar-refractivity contribution >= 4 is 40.0 Å². The molecule has 0 bridgehead atoms. The Kier molecular flexibility index (Phi) is 5.38. The zero-order chi connectivity index (χ0) is 16.9. The smallest absolute Gasteiger partial charge is 0.230 e. The molecule has 0 heterocycles. The SMILES string of the molecule is O=C(CSc1cccc2cccc(Cl)c12)NCc1ccccc1F. The monoisotopic (exact) mass is 359 g/mol. The first-order valence-corrected chi connectivity index (χ1v) is 8.81. The predicted molar refractivity (Wildman–Crippen MR) is 97.9 cm³/mol. The lowest BCUT2D eigenvalue weighted by molar-refractivity contribution is -0.118. The highest BCUT2D eigenvalue weighted by molar-refractivity contribution is 8.00. The third kappa shape index (κ3) is 3.89. The maximum atomic E-state index is 13.5. The molecule has 0 aliphatic carbocycles. The van der Waals surface area contributed by atoms with Crippen molar-refractivity contribution in [3.63, 3.8) is 0 Å². The third-order valence-corrected chi connectivity index (χ3v) is 4.98. The van der Waals surface area contributed by atoms with Gasteiger partial charge >= 0.3 is 0 Å². The standard InChI is InChI=1S/C19H15ClFNOS/c20-15-8-3-6-13-7-4-10-17(19(13)15)24-12-18(23)22-11-14-5-1-2-9-16(14)21/h1-10H,11-12H2,(H,22,23). The average Bonchev–Trinajstić information content (AvgIpc) is 2.59. The highest BCUT2D eigenvalue weighted by Gasteiger charge is 2.09. The molecule has 3 aromatic rings. The molecule has 0 aliphatic rings. The van der Waals surface area contributed by atoms with Crippen LogP contribution in [0.3, 0.4) is 0 Å². The van der Waals surface area contributed by atoms with Gasteiger partial charge < -0.3 is 5.32 Å². The highest BCUT2D eigenvalue weighted by Crippen LogP contribution is 2.33. The number of hydrogen-bond donors (Lipinski definition) is 1. The fraction of sp³-hybridized carbons (Fsp3) is 0.105. The molecule has 0 atom stereocenters. The molecule has 1 N–H and O–H groups in total. The predicted octanol–water partition coefficient (Wildman–Crippen LogP) is 5.04. The number of fused-ring (bicyclic) bond motifs is 1. The van der Waals surface area contributed by atoms with Crippen molar-refractivity contribution in [1.82, 2.24) is 5.32 Å². The summed E-state index contributed by atoms with van der Waals surface area (Å²) in [5, 5.41) is 5.40. The van der Waals surface area contributed by atoms with Crippen LogP contribution in [0, 0.1) is 5.82 Å². The van der Waals surface area contributed by atoms with Gasteiger partial charge in [-0.2, -0.15) is 0 Å².